The lowest BCUT2D eigenvalue weighted by molar-refractivity contribution is 0.122. The number of hydrogen-bond donors (Lipinski definition) is 1. The molecule has 0 aliphatic heterocycles. The molecule has 0 bridgehead atoms. The van der Waals surface area contributed by atoms with Crippen molar-refractivity contribution in [3.8, 4) is 0 Å². The monoisotopic (exact) mass is 225 g/mol. The average molecular weight is 225 g/mol. The first-order valence-corrected chi connectivity index (χ1v) is 6.49. The van der Waals surface area contributed by atoms with Crippen LogP contribution in [0.3, 0.4) is 0 Å². The normalized spacial score (nSPS) is 19.9. The number of hydrogen-bond acceptors (Lipinski definition) is 4. The van der Waals surface area contributed by atoms with E-state index in [-0.39, 0.29) is 5.54 Å². The van der Waals surface area contributed by atoms with Gasteiger partial charge in [0.25, 0.3) is 0 Å². The van der Waals surface area contributed by atoms with E-state index in [1.165, 1.54) is 31.4 Å². The quantitative estimate of drug-likeness (QED) is 0.850. The summed E-state index contributed by atoms with van der Waals surface area (Å²) in [6, 6.07) is 0. The molecule has 1 saturated carbocycles. The third kappa shape index (κ3) is 2.22. The van der Waals surface area contributed by atoms with Crippen LogP contribution in [0.5, 0.6) is 0 Å². The molecule has 0 atom stereocenters. The predicted molar refractivity (Wildman–Crippen MR) is 63.8 cm³/mol. The fourth-order valence-electron chi connectivity index (χ4n) is 2.50. The van der Waals surface area contributed by atoms with Gasteiger partial charge in [0.1, 0.15) is 0 Å². The zero-order valence-electron chi connectivity index (χ0n) is 9.28. The Hall–Kier alpha value is -0.450. The van der Waals surface area contributed by atoms with Crippen molar-refractivity contribution in [3.63, 3.8) is 0 Å². The highest BCUT2D eigenvalue weighted by Gasteiger charge is 2.36. The molecular formula is C11H19N3S. The molecule has 1 aromatic heterocycles. The van der Waals surface area contributed by atoms with Gasteiger partial charge >= 0.3 is 0 Å². The van der Waals surface area contributed by atoms with Crippen molar-refractivity contribution in [2.75, 3.05) is 13.6 Å². The van der Waals surface area contributed by atoms with Crippen LogP contribution in [-0.4, -0.2) is 29.0 Å². The Morgan fingerprint density at radius 3 is 2.80 bits per heavy atom. The predicted octanol–water partition coefficient (Wildman–Crippen LogP) is 1.85. The Morgan fingerprint density at radius 2 is 2.27 bits per heavy atom. The Labute approximate surface area is 95.3 Å². The molecule has 1 heterocycles. The molecule has 1 aromatic rings. The van der Waals surface area contributed by atoms with E-state index < -0.39 is 0 Å². The molecule has 1 aliphatic rings. The van der Waals surface area contributed by atoms with Crippen molar-refractivity contribution in [3.05, 3.63) is 16.6 Å². The Kier molecular flexibility index (Phi) is 3.38. The van der Waals surface area contributed by atoms with E-state index in [0.29, 0.717) is 0 Å². The first-order valence-electron chi connectivity index (χ1n) is 5.55. The van der Waals surface area contributed by atoms with Crippen LogP contribution in [0.15, 0.2) is 10.9 Å². The maximum Gasteiger partial charge on any atom is 0.0795 e. The summed E-state index contributed by atoms with van der Waals surface area (Å²) in [4.78, 5) is 6.73. The number of thiazole rings is 1. The molecule has 15 heavy (non-hydrogen) atoms. The molecule has 84 valence electrons. The minimum atomic E-state index is 0.240. The molecule has 0 radical (unpaired) electrons. The summed E-state index contributed by atoms with van der Waals surface area (Å²) in [5.74, 6) is 0. The fourth-order valence-corrected chi connectivity index (χ4v) is 3.05. The first kappa shape index (κ1) is 11.0. The molecule has 1 aliphatic carbocycles. The van der Waals surface area contributed by atoms with E-state index in [9.17, 15) is 0 Å². The average Bonchev–Trinajstić information content (AvgIpc) is 2.87. The maximum absolute atomic E-state index is 5.94. The van der Waals surface area contributed by atoms with Crippen LogP contribution in [0.4, 0.5) is 0 Å². The summed E-state index contributed by atoms with van der Waals surface area (Å²) in [6.45, 7) is 1.70. The van der Waals surface area contributed by atoms with Crippen molar-refractivity contribution < 1.29 is 0 Å². The van der Waals surface area contributed by atoms with Gasteiger partial charge in [-0.2, -0.15) is 0 Å². The maximum atomic E-state index is 5.94. The Bertz CT molecular complexity index is 291. The summed E-state index contributed by atoms with van der Waals surface area (Å²) in [6.07, 6.45) is 5.12. The van der Waals surface area contributed by atoms with Crippen LogP contribution in [0, 0.1) is 0 Å². The highest BCUT2D eigenvalue weighted by molar-refractivity contribution is 7.07. The van der Waals surface area contributed by atoms with Gasteiger partial charge in [-0.05, 0) is 19.9 Å². The van der Waals surface area contributed by atoms with E-state index in [2.05, 4.69) is 22.3 Å². The van der Waals surface area contributed by atoms with E-state index in [4.69, 9.17) is 5.73 Å². The minimum Gasteiger partial charge on any atom is -0.329 e. The van der Waals surface area contributed by atoms with Crippen LogP contribution in [0.2, 0.25) is 0 Å². The fraction of sp³-hybridized carbons (Fsp3) is 0.727. The molecule has 0 aromatic carbocycles. The highest BCUT2D eigenvalue weighted by atomic mass is 32.1. The van der Waals surface area contributed by atoms with E-state index in [0.717, 1.165) is 13.1 Å². The molecule has 0 saturated heterocycles. The van der Waals surface area contributed by atoms with Crippen LogP contribution in [-0.2, 0) is 6.54 Å². The van der Waals surface area contributed by atoms with Crippen molar-refractivity contribution in [1.29, 1.82) is 0 Å². The summed E-state index contributed by atoms with van der Waals surface area (Å²) in [5, 5.41) is 2.12. The topological polar surface area (TPSA) is 42.2 Å². The third-order valence-electron chi connectivity index (χ3n) is 3.61. The molecule has 1 fully saturated rings. The number of likely N-dealkylation sites (N-methyl/N-ethyl adjacent to an activating group) is 1. The van der Waals surface area contributed by atoms with Gasteiger partial charge in [0.2, 0.25) is 0 Å². The van der Waals surface area contributed by atoms with Gasteiger partial charge in [0, 0.05) is 24.0 Å². The van der Waals surface area contributed by atoms with Gasteiger partial charge in [-0.15, -0.1) is 11.3 Å². The van der Waals surface area contributed by atoms with Crippen molar-refractivity contribution in [2.45, 2.75) is 37.8 Å². The summed E-state index contributed by atoms with van der Waals surface area (Å²) < 4.78 is 0. The van der Waals surface area contributed by atoms with Crippen LogP contribution >= 0.6 is 11.3 Å². The van der Waals surface area contributed by atoms with Gasteiger partial charge in [-0.1, -0.05) is 12.8 Å². The van der Waals surface area contributed by atoms with Crippen LogP contribution in [0.1, 0.15) is 31.4 Å². The first-order chi connectivity index (χ1) is 7.27. The number of rotatable bonds is 4. The van der Waals surface area contributed by atoms with Crippen molar-refractivity contribution >= 4 is 11.3 Å². The second-order valence-electron chi connectivity index (χ2n) is 4.47. The van der Waals surface area contributed by atoms with Crippen LogP contribution < -0.4 is 5.73 Å². The third-order valence-corrected chi connectivity index (χ3v) is 4.24. The SMILES string of the molecule is CN(Cc1cscn1)C1(CN)CCCC1. The lowest BCUT2D eigenvalue weighted by Crippen LogP contribution is -2.49. The second kappa shape index (κ2) is 4.60. The zero-order valence-corrected chi connectivity index (χ0v) is 10.1. The standard InChI is InChI=1S/C11H19N3S/c1-14(6-10-7-15-9-13-10)11(8-12)4-2-3-5-11/h7,9H,2-6,8,12H2,1H3. The Morgan fingerprint density at radius 1 is 1.53 bits per heavy atom. The largest absolute Gasteiger partial charge is 0.329 e. The smallest absolute Gasteiger partial charge is 0.0795 e. The summed E-state index contributed by atoms with van der Waals surface area (Å²) in [5.41, 5.74) is 9.24. The summed E-state index contributed by atoms with van der Waals surface area (Å²) in [7, 11) is 2.18. The second-order valence-corrected chi connectivity index (χ2v) is 5.19. The van der Waals surface area contributed by atoms with Gasteiger partial charge in [0.05, 0.1) is 11.2 Å². The van der Waals surface area contributed by atoms with Gasteiger partial charge in [-0.3, -0.25) is 4.90 Å². The number of nitrogens with two attached hydrogens (primary N) is 1. The van der Waals surface area contributed by atoms with E-state index in [1.807, 2.05) is 5.51 Å². The Balaban J connectivity index is 2.02. The van der Waals surface area contributed by atoms with Gasteiger partial charge in [0.15, 0.2) is 0 Å². The lowest BCUT2D eigenvalue weighted by Gasteiger charge is -2.37. The van der Waals surface area contributed by atoms with Crippen LogP contribution in [0.25, 0.3) is 0 Å². The van der Waals surface area contributed by atoms with Crippen molar-refractivity contribution in [1.82, 2.24) is 9.88 Å². The number of aromatic nitrogens is 1. The molecule has 0 unspecified atom stereocenters. The molecule has 2 N–H and O–H groups in total. The lowest BCUT2D eigenvalue weighted by atomic mass is 9.95. The van der Waals surface area contributed by atoms with Crippen molar-refractivity contribution in [2.24, 2.45) is 5.73 Å². The molecule has 3 nitrogen and oxygen atoms in total. The molecule has 2 rings (SSSR count). The molecule has 0 amide bonds. The highest BCUT2D eigenvalue weighted by Crippen LogP contribution is 2.34. The zero-order chi connectivity index (χ0) is 10.7. The molecule has 4 heteroatoms. The van der Waals surface area contributed by atoms with Gasteiger partial charge in [-0.25, -0.2) is 4.98 Å². The van der Waals surface area contributed by atoms with Gasteiger partial charge < -0.3 is 5.73 Å². The molecule has 0 spiro atoms. The minimum absolute atomic E-state index is 0.240. The van der Waals surface area contributed by atoms with E-state index in [1.54, 1.807) is 11.3 Å². The number of nitrogens with zero attached hydrogens (tertiary/aromatic N) is 2. The van der Waals surface area contributed by atoms with E-state index >= 15 is 0 Å². The summed E-state index contributed by atoms with van der Waals surface area (Å²) >= 11 is 1.66. The molecular weight excluding hydrogens is 206 g/mol.